The monoisotopic (exact) mass is 409 g/mol. The van der Waals surface area contributed by atoms with Gasteiger partial charge in [-0.3, -0.25) is 14.9 Å². The summed E-state index contributed by atoms with van der Waals surface area (Å²) in [5, 5.41) is 15.7. The first kappa shape index (κ1) is 18.4. The van der Waals surface area contributed by atoms with E-state index < -0.39 is 11.7 Å². The Morgan fingerprint density at radius 1 is 1.23 bits per heavy atom. The van der Waals surface area contributed by atoms with Gasteiger partial charge in [0.1, 0.15) is 5.82 Å². The third-order valence-corrected chi connectivity index (χ3v) is 5.75. The van der Waals surface area contributed by atoms with E-state index in [1.54, 1.807) is 0 Å². The number of aromatic nitrogens is 3. The predicted molar refractivity (Wildman–Crippen MR) is 100 cm³/mol. The number of thioether (sulfide) groups is 1. The minimum absolute atomic E-state index is 0.144. The number of halogens is 1. The molecule has 26 heavy (non-hydrogen) atoms. The Bertz CT molecular complexity index is 943. The van der Waals surface area contributed by atoms with E-state index in [2.05, 4.69) is 25.8 Å². The molecular weight excluding hydrogens is 397 g/mol. The number of hydrogen-bond acceptors (Lipinski definition) is 8. The topological polar surface area (TPSA) is 96.9 Å². The van der Waals surface area contributed by atoms with Crippen molar-refractivity contribution < 1.29 is 14.0 Å². The lowest BCUT2D eigenvalue weighted by Crippen LogP contribution is -2.13. The summed E-state index contributed by atoms with van der Waals surface area (Å²) in [7, 11) is 0. The van der Waals surface area contributed by atoms with Crippen molar-refractivity contribution in [2.45, 2.75) is 11.3 Å². The highest BCUT2D eigenvalue weighted by Crippen LogP contribution is 2.26. The number of nitrogens with zero attached hydrogens (tertiary/aromatic N) is 3. The second kappa shape index (κ2) is 8.34. The van der Waals surface area contributed by atoms with Gasteiger partial charge in [0.25, 0.3) is 5.91 Å². The molecule has 2 N–H and O–H groups in total. The van der Waals surface area contributed by atoms with Crippen molar-refractivity contribution in [2.24, 2.45) is 0 Å². The first-order valence-electron chi connectivity index (χ1n) is 7.25. The van der Waals surface area contributed by atoms with E-state index in [-0.39, 0.29) is 22.4 Å². The molecule has 1 aromatic carbocycles. The number of nitrogens with one attached hydrogen (secondary N) is 2. The van der Waals surface area contributed by atoms with E-state index in [4.69, 9.17) is 0 Å². The van der Waals surface area contributed by atoms with Crippen LogP contribution in [0.1, 0.15) is 16.1 Å². The summed E-state index contributed by atoms with van der Waals surface area (Å²) in [5.74, 6) is -1.03. The normalized spacial score (nSPS) is 10.5. The van der Waals surface area contributed by atoms with Crippen molar-refractivity contribution >= 4 is 56.5 Å². The lowest BCUT2D eigenvalue weighted by molar-refractivity contribution is -0.113. The summed E-state index contributed by atoms with van der Waals surface area (Å²) in [6.07, 6.45) is 0. The van der Waals surface area contributed by atoms with Gasteiger partial charge in [-0.25, -0.2) is 9.37 Å². The Morgan fingerprint density at radius 3 is 2.81 bits per heavy atom. The molecule has 0 radical (unpaired) electrons. The summed E-state index contributed by atoms with van der Waals surface area (Å²) in [5.41, 5.74) is 1.04. The van der Waals surface area contributed by atoms with Gasteiger partial charge in [-0.1, -0.05) is 29.2 Å². The molecule has 0 aliphatic carbocycles. The number of carbonyl (C=O) groups is 2. The van der Waals surface area contributed by atoms with Gasteiger partial charge in [0.15, 0.2) is 9.47 Å². The summed E-state index contributed by atoms with van der Waals surface area (Å²) < 4.78 is 13.7. The minimum atomic E-state index is -0.493. The molecule has 11 heteroatoms. The molecule has 0 saturated carbocycles. The predicted octanol–water partition coefficient (Wildman–Crippen LogP) is 3.43. The quantitative estimate of drug-likeness (QED) is 0.478. The number of carbonyl (C=O) groups excluding carboxylic acids is 2. The third-order valence-electron chi connectivity index (χ3n) is 2.91. The van der Waals surface area contributed by atoms with Crippen LogP contribution >= 0.6 is 34.4 Å². The zero-order chi connectivity index (χ0) is 18.5. The molecule has 0 atom stereocenters. The number of aryl methyl sites for hydroxylation is 1. The fourth-order valence-corrected chi connectivity index (χ4v) is 4.06. The Kier molecular flexibility index (Phi) is 5.91. The van der Waals surface area contributed by atoms with Crippen molar-refractivity contribution in [1.29, 1.82) is 0 Å². The number of benzene rings is 1. The molecular formula is C15H12FN5O2S3. The number of amides is 2. The Morgan fingerprint density at radius 2 is 2.08 bits per heavy atom. The maximum absolute atomic E-state index is 13.2. The SMILES string of the molecule is Cc1csc(NC(=O)CSc2nnc(NC(=O)c3cccc(F)c3)s2)n1. The van der Waals surface area contributed by atoms with E-state index in [9.17, 15) is 14.0 Å². The molecule has 2 heterocycles. The zero-order valence-electron chi connectivity index (χ0n) is 13.4. The molecule has 7 nitrogen and oxygen atoms in total. The minimum Gasteiger partial charge on any atom is -0.301 e. The summed E-state index contributed by atoms with van der Waals surface area (Å²) >= 11 is 3.69. The molecule has 3 rings (SSSR count). The van der Waals surface area contributed by atoms with Crippen molar-refractivity contribution in [3.05, 3.63) is 46.7 Å². The third kappa shape index (κ3) is 5.07. The second-order valence-corrected chi connectivity index (χ2v) is 8.03. The summed E-state index contributed by atoms with van der Waals surface area (Å²) in [4.78, 5) is 28.1. The molecule has 0 saturated heterocycles. The Hall–Kier alpha value is -2.37. The maximum Gasteiger partial charge on any atom is 0.257 e. The van der Waals surface area contributed by atoms with Gasteiger partial charge in [0.05, 0.1) is 11.4 Å². The highest BCUT2D eigenvalue weighted by atomic mass is 32.2. The van der Waals surface area contributed by atoms with Crippen LogP contribution in [0.25, 0.3) is 0 Å². The van der Waals surface area contributed by atoms with Crippen molar-refractivity contribution in [1.82, 2.24) is 15.2 Å². The van der Waals surface area contributed by atoms with Crippen molar-refractivity contribution in [3.8, 4) is 0 Å². The molecule has 0 aliphatic heterocycles. The van der Waals surface area contributed by atoms with E-state index in [1.165, 1.54) is 41.3 Å². The molecule has 0 spiro atoms. The Balaban J connectivity index is 1.51. The highest BCUT2D eigenvalue weighted by Gasteiger charge is 2.13. The zero-order valence-corrected chi connectivity index (χ0v) is 15.8. The fraction of sp³-hybridized carbons (Fsp3) is 0.133. The first-order valence-corrected chi connectivity index (χ1v) is 9.93. The molecule has 2 amide bonds. The number of anilines is 2. The average Bonchev–Trinajstić information content (AvgIpc) is 3.22. The second-order valence-electron chi connectivity index (χ2n) is 4.97. The van der Waals surface area contributed by atoms with Crippen LogP contribution in [0.4, 0.5) is 14.7 Å². The van der Waals surface area contributed by atoms with Gasteiger partial charge >= 0.3 is 0 Å². The maximum atomic E-state index is 13.2. The van der Waals surface area contributed by atoms with Gasteiger partial charge in [0.2, 0.25) is 11.0 Å². The van der Waals surface area contributed by atoms with Gasteiger partial charge in [-0.05, 0) is 25.1 Å². The van der Waals surface area contributed by atoms with Gasteiger partial charge < -0.3 is 5.32 Å². The first-order chi connectivity index (χ1) is 12.5. The van der Waals surface area contributed by atoms with E-state index >= 15 is 0 Å². The van der Waals surface area contributed by atoms with E-state index in [0.717, 1.165) is 23.1 Å². The van der Waals surface area contributed by atoms with Crippen molar-refractivity contribution in [3.63, 3.8) is 0 Å². The standard InChI is InChI=1S/C15H12FN5O2S3/c1-8-6-24-13(17-8)18-11(22)7-25-15-21-20-14(26-15)19-12(23)9-3-2-4-10(16)5-9/h2-6H,7H2,1H3,(H,17,18,22)(H,19,20,23). The molecule has 0 fully saturated rings. The highest BCUT2D eigenvalue weighted by molar-refractivity contribution is 8.01. The average molecular weight is 409 g/mol. The molecule has 2 aromatic heterocycles. The smallest absolute Gasteiger partial charge is 0.257 e. The van der Waals surface area contributed by atoms with E-state index in [1.807, 2.05) is 12.3 Å². The van der Waals surface area contributed by atoms with Gasteiger partial charge in [-0.2, -0.15) is 0 Å². The fourth-order valence-electron chi connectivity index (χ4n) is 1.81. The Labute approximate surface area is 160 Å². The van der Waals surface area contributed by atoms with Crippen LogP contribution in [-0.2, 0) is 4.79 Å². The van der Waals surface area contributed by atoms with Gasteiger partial charge in [0, 0.05) is 10.9 Å². The van der Waals surface area contributed by atoms with Crippen LogP contribution in [-0.4, -0.2) is 32.7 Å². The summed E-state index contributed by atoms with van der Waals surface area (Å²) in [6.45, 7) is 1.85. The van der Waals surface area contributed by atoms with Crippen LogP contribution < -0.4 is 10.6 Å². The molecule has 0 bridgehead atoms. The van der Waals surface area contributed by atoms with Crippen molar-refractivity contribution in [2.75, 3.05) is 16.4 Å². The van der Waals surface area contributed by atoms with Crippen LogP contribution in [0.3, 0.4) is 0 Å². The van der Waals surface area contributed by atoms with Crippen LogP contribution in [0, 0.1) is 12.7 Å². The molecule has 0 unspecified atom stereocenters. The number of thiazole rings is 1. The van der Waals surface area contributed by atoms with Crippen LogP contribution in [0.15, 0.2) is 34.0 Å². The van der Waals surface area contributed by atoms with Gasteiger partial charge in [-0.15, -0.1) is 21.5 Å². The molecule has 134 valence electrons. The largest absolute Gasteiger partial charge is 0.301 e. The molecule has 0 aliphatic rings. The lowest BCUT2D eigenvalue weighted by atomic mass is 10.2. The lowest BCUT2D eigenvalue weighted by Gasteiger charge is -2.00. The summed E-state index contributed by atoms with van der Waals surface area (Å²) in [6, 6.07) is 5.35. The molecule has 3 aromatic rings. The van der Waals surface area contributed by atoms with Crippen LogP contribution in [0.5, 0.6) is 0 Å². The number of hydrogen-bond donors (Lipinski definition) is 2. The van der Waals surface area contributed by atoms with E-state index in [0.29, 0.717) is 9.47 Å². The number of rotatable bonds is 6. The van der Waals surface area contributed by atoms with Crippen LogP contribution in [0.2, 0.25) is 0 Å².